The summed E-state index contributed by atoms with van der Waals surface area (Å²) >= 11 is 3.32. The number of para-hydroxylation sites is 2. The highest BCUT2D eigenvalue weighted by Gasteiger charge is 2.06. The number of benzene rings is 1. The predicted molar refractivity (Wildman–Crippen MR) is 80.0 cm³/mol. The molecule has 96 valence electrons. The van der Waals surface area contributed by atoms with Crippen molar-refractivity contribution in [2.45, 2.75) is 6.54 Å². The smallest absolute Gasteiger partial charge is 0.128 e. The number of nitrogens with one attached hydrogen (secondary N) is 1. The molecule has 0 saturated heterocycles. The Morgan fingerprint density at radius 3 is 2.79 bits per heavy atom. The molecule has 0 unspecified atom stereocenters. The number of hydrogen-bond donors (Lipinski definition) is 1. The molecule has 0 atom stereocenters. The normalized spacial score (nSPS) is 10.8. The van der Waals surface area contributed by atoms with Gasteiger partial charge in [0.15, 0.2) is 0 Å². The van der Waals surface area contributed by atoms with Gasteiger partial charge < -0.3 is 9.88 Å². The lowest BCUT2D eigenvalue weighted by Crippen LogP contribution is -2.06. The van der Waals surface area contributed by atoms with Gasteiger partial charge in [0.2, 0.25) is 0 Å². The Morgan fingerprint density at radius 2 is 2.05 bits per heavy atom. The first-order valence-electron chi connectivity index (χ1n) is 6.00. The zero-order valence-electron chi connectivity index (χ0n) is 10.5. The Labute approximate surface area is 119 Å². The maximum absolute atomic E-state index is 4.62. The lowest BCUT2D eigenvalue weighted by Gasteiger charge is -2.06. The quantitative estimate of drug-likeness (QED) is 0.754. The molecule has 1 aromatic carbocycles. The van der Waals surface area contributed by atoms with Crippen LogP contribution in [0.4, 0.5) is 5.69 Å². The van der Waals surface area contributed by atoms with E-state index < -0.39 is 0 Å². The van der Waals surface area contributed by atoms with Crippen LogP contribution in [0.2, 0.25) is 0 Å². The summed E-state index contributed by atoms with van der Waals surface area (Å²) in [6.07, 6.45) is 1.80. The van der Waals surface area contributed by atoms with Crippen LogP contribution in [0, 0.1) is 0 Å². The molecule has 3 rings (SSSR count). The Balaban J connectivity index is 1.82. The van der Waals surface area contributed by atoms with Crippen LogP contribution in [0.3, 0.4) is 0 Å². The highest BCUT2D eigenvalue weighted by molar-refractivity contribution is 9.10. The second-order valence-corrected chi connectivity index (χ2v) is 5.11. The van der Waals surface area contributed by atoms with Gasteiger partial charge in [-0.3, -0.25) is 0 Å². The second-order valence-electron chi connectivity index (χ2n) is 4.30. The van der Waals surface area contributed by atoms with E-state index >= 15 is 0 Å². The van der Waals surface area contributed by atoms with Gasteiger partial charge in [0.25, 0.3) is 0 Å². The maximum Gasteiger partial charge on any atom is 0.128 e. The number of imidazole rings is 1. The topological polar surface area (TPSA) is 42.7 Å². The first-order chi connectivity index (χ1) is 9.24. The highest BCUT2D eigenvalue weighted by Crippen LogP contribution is 2.16. The fourth-order valence-corrected chi connectivity index (χ4v) is 2.25. The van der Waals surface area contributed by atoms with Crippen LogP contribution in [0.5, 0.6) is 0 Å². The molecule has 0 radical (unpaired) electrons. The van der Waals surface area contributed by atoms with Gasteiger partial charge in [0.05, 0.1) is 29.5 Å². The van der Waals surface area contributed by atoms with E-state index in [4.69, 9.17) is 0 Å². The van der Waals surface area contributed by atoms with Gasteiger partial charge in [-0.05, 0) is 40.2 Å². The molecule has 0 bridgehead atoms. The van der Waals surface area contributed by atoms with Crippen LogP contribution >= 0.6 is 15.9 Å². The molecule has 2 heterocycles. The molecule has 0 aliphatic rings. The summed E-state index contributed by atoms with van der Waals surface area (Å²) in [4.78, 5) is 8.80. The molecular weight excluding hydrogens is 304 g/mol. The molecule has 3 aromatic rings. The van der Waals surface area contributed by atoms with Gasteiger partial charge in [0, 0.05) is 7.05 Å². The largest absolute Gasteiger partial charge is 0.377 e. The lowest BCUT2D eigenvalue weighted by molar-refractivity contribution is 0.834. The number of anilines is 1. The third kappa shape index (κ3) is 2.46. The van der Waals surface area contributed by atoms with E-state index in [2.05, 4.69) is 41.8 Å². The van der Waals surface area contributed by atoms with Crippen molar-refractivity contribution in [3.8, 4) is 0 Å². The summed E-state index contributed by atoms with van der Waals surface area (Å²) in [5.74, 6) is 1.00. The number of nitrogens with zero attached hydrogens (tertiary/aromatic N) is 3. The van der Waals surface area contributed by atoms with Gasteiger partial charge >= 0.3 is 0 Å². The summed E-state index contributed by atoms with van der Waals surface area (Å²) in [6.45, 7) is 0.675. The lowest BCUT2D eigenvalue weighted by atomic mass is 10.3. The molecular formula is C14H13BrN4. The summed E-state index contributed by atoms with van der Waals surface area (Å²) in [5, 5.41) is 3.32. The number of aromatic nitrogens is 3. The predicted octanol–water partition coefficient (Wildman–Crippen LogP) is 3.34. The highest BCUT2D eigenvalue weighted by atomic mass is 79.9. The molecule has 0 amide bonds. The Morgan fingerprint density at radius 1 is 1.21 bits per heavy atom. The molecule has 2 aromatic heterocycles. The van der Waals surface area contributed by atoms with E-state index in [-0.39, 0.29) is 0 Å². The van der Waals surface area contributed by atoms with Gasteiger partial charge in [0.1, 0.15) is 10.4 Å². The molecule has 1 N–H and O–H groups in total. The summed E-state index contributed by atoms with van der Waals surface area (Å²) < 4.78 is 2.94. The van der Waals surface area contributed by atoms with Crippen molar-refractivity contribution in [1.82, 2.24) is 14.5 Å². The van der Waals surface area contributed by atoms with Crippen molar-refractivity contribution in [2.75, 3.05) is 5.32 Å². The van der Waals surface area contributed by atoms with Crippen molar-refractivity contribution < 1.29 is 0 Å². The van der Waals surface area contributed by atoms with Crippen molar-refractivity contribution >= 4 is 32.7 Å². The first kappa shape index (κ1) is 12.2. The number of aryl methyl sites for hydroxylation is 1. The molecule has 19 heavy (non-hydrogen) atoms. The van der Waals surface area contributed by atoms with E-state index in [1.54, 1.807) is 6.20 Å². The molecule has 0 aliphatic carbocycles. The fraction of sp³-hybridized carbons (Fsp3) is 0.143. The first-order valence-corrected chi connectivity index (χ1v) is 6.79. The number of hydrogen-bond acceptors (Lipinski definition) is 3. The van der Waals surface area contributed by atoms with E-state index in [1.807, 2.05) is 37.4 Å². The second kappa shape index (κ2) is 5.01. The monoisotopic (exact) mass is 316 g/mol. The van der Waals surface area contributed by atoms with Crippen LogP contribution in [0.25, 0.3) is 11.0 Å². The summed E-state index contributed by atoms with van der Waals surface area (Å²) in [6, 6.07) is 12.0. The maximum atomic E-state index is 4.62. The van der Waals surface area contributed by atoms with Crippen molar-refractivity contribution in [3.63, 3.8) is 0 Å². The molecule has 4 nitrogen and oxygen atoms in total. The van der Waals surface area contributed by atoms with Gasteiger partial charge in [-0.1, -0.05) is 12.1 Å². The van der Waals surface area contributed by atoms with Crippen LogP contribution in [0.15, 0.2) is 47.2 Å². The SMILES string of the molecule is Cn1c(CNc2ccc(Br)nc2)nc2ccccc21. The van der Waals surface area contributed by atoms with Crippen molar-refractivity contribution in [2.24, 2.45) is 7.05 Å². The summed E-state index contributed by atoms with van der Waals surface area (Å²) in [7, 11) is 2.03. The van der Waals surface area contributed by atoms with Gasteiger partial charge in [-0.2, -0.15) is 0 Å². The Bertz CT molecular complexity index is 703. The average Bonchev–Trinajstić information content (AvgIpc) is 2.76. The van der Waals surface area contributed by atoms with Crippen LogP contribution in [-0.4, -0.2) is 14.5 Å². The minimum atomic E-state index is 0.675. The summed E-state index contributed by atoms with van der Waals surface area (Å²) in [5.41, 5.74) is 3.15. The fourth-order valence-electron chi connectivity index (χ4n) is 2.02. The van der Waals surface area contributed by atoms with E-state index in [1.165, 1.54) is 0 Å². The zero-order valence-corrected chi connectivity index (χ0v) is 12.1. The van der Waals surface area contributed by atoms with Crippen LogP contribution < -0.4 is 5.32 Å². The molecule has 0 saturated carbocycles. The van der Waals surface area contributed by atoms with Gasteiger partial charge in [-0.15, -0.1) is 0 Å². The number of pyridine rings is 1. The average molecular weight is 317 g/mol. The van der Waals surface area contributed by atoms with E-state index in [9.17, 15) is 0 Å². The minimum Gasteiger partial charge on any atom is -0.377 e. The van der Waals surface area contributed by atoms with E-state index in [0.717, 1.165) is 27.1 Å². The third-order valence-corrected chi connectivity index (χ3v) is 3.53. The zero-order chi connectivity index (χ0) is 13.2. The third-order valence-electron chi connectivity index (χ3n) is 3.06. The van der Waals surface area contributed by atoms with Crippen LogP contribution in [0.1, 0.15) is 5.82 Å². The number of rotatable bonds is 3. The van der Waals surface area contributed by atoms with Crippen molar-refractivity contribution in [1.29, 1.82) is 0 Å². The molecule has 0 fully saturated rings. The number of fused-ring (bicyclic) bond motifs is 1. The van der Waals surface area contributed by atoms with Crippen molar-refractivity contribution in [3.05, 3.63) is 53.0 Å². The minimum absolute atomic E-state index is 0.675. The van der Waals surface area contributed by atoms with Crippen LogP contribution in [-0.2, 0) is 13.6 Å². The van der Waals surface area contributed by atoms with Gasteiger partial charge in [-0.25, -0.2) is 9.97 Å². The molecule has 0 aliphatic heterocycles. The standard InChI is InChI=1S/C14H13BrN4/c1-19-12-5-3-2-4-11(12)18-14(19)9-16-10-6-7-13(15)17-8-10/h2-8,16H,9H2,1H3. The Hall–Kier alpha value is -1.88. The van der Waals surface area contributed by atoms with E-state index in [0.29, 0.717) is 6.54 Å². The number of halogens is 1. The molecule has 5 heteroatoms. The Kier molecular flexibility index (Phi) is 3.21. The molecule has 0 spiro atoms.